The van der Waals surface area contributed by atoms with E-state index >= 15 is 0 Å². The zero-order valence-corrected chi connectivity index (χ0v) is 12.8. The number of rotatable bonds is 7. The summed E-state index contributed by atoms with van der Waals surface area (Å²) >= 11 is 6.06. The minimum absolute atomic E-state index is 0.227. The highest BCUT2D eigenvalue weighted by Crippen LogP contribution is 2.24. The van der Waals surface area contributed by atoms with Crippen LogP contribution in [0.25, 0.3) is 0 Å². The summed E-state index contributed by atoms with van der Waals surface area (Å²) in [6, 6.07) is 8.10. The molecule has 3 heteroatoms. The minimum atomic E-state index is -0.227. The van der Waals surface area contributed by atoms with Gasteiger partial charge in [-0.25, -0.2) is 0 Å². The van der Waals surface area contributed by atoms with Crippen LogP contribution in [-0.4, -0.2) is 6.61 Å². The Morgan fingerprint density at radius 3 is 2.68 bits per heavy atom. The molecule has 0 N–H and O–H groups in total. The molecular formula is C16H22ClNO. The Kier molecular flexibility index (Phi) is 6.18. The van der Waals surface area contributed by atoms with Crippen LogP contribution in [0.4, 0.5) is 0 Å². The molecule has 19 heavy (non-hydrogen) atoms. The number of aryl methyl sites for hydroxylation is 1. The van der Waals surface area contributed by atoms with Crippen LogP contribution in [0.1, 0.15) is 45.6 Å². The molecule has 0 heterocycles. The molecule has 0 aliphatic heterocycles. The van der Waals surface area contributed by atoms with Crippen LogP contribution in [0.3, 0.4) is 0 Å². The molecule has 0 saturated heterocycles. The summed E-state index contributed by atoms with van der Waals surface area (Å²) in [5, 5.41) is 9.72. The van der Waals surface area contributed by atoms with Crippen molar-refractivity contribution in [1.82, 2.24) is 0 Å². The first kappa shape index (κ1) is 15.9. The fourth-order valence-electron chi connectivity index (χ4n) is 1.83. The molecule has 0 amide bonds. The van der Waals surface area contributed by atoms with Crippen molar-refractivity contribution in [2.24, 2.45) is 5.41 Å². The second kappa shape index (κ2) is 7.40. The van der Waals surface area contributed by atoms with Crippen LogP contribution in [0, 0.1) is 16.7 Å². The normalized spacial score (nSPS) is 11.1. The van der Waals surface area contributed by atoms with Crippen LogP contribution < -0.4 is 4.74 Å². The van der Waals surface area contributed by atoms with E-state index in [1.54, 1.807) is 0 Å². The van der Waals surface area contributed by atoms with Crippen molar-refractivity contribution in [3.63, 3.8) is 0 Å². The van der Waals surface area contributed by atoms with E-state index in [2.05, 4.69) is 13.0 Å². The first-order valence-corrected chi connectivity index (χ1v) is 7.19. The lowest BCUT2D eigenvalue weighted by atomic mass is 9.89. The molecule has 0 aromatic heterocycles. The van der Waals surface area contributed by atoms with Gasteiger partial charge in [0.25, 0.3) is 0 Å². The molecule has 0 saturated carbocycles. The molecular weight excluding hydrogens is 258 g/mol. The number of ether oxygens (including phenoxy) is 1. The van der Waals surface area contributed by atoms with Gasteiger partial charge in [-0.2, -0.15) is 5.26 Å². The van der Waals surface area contributed by atoms with E-state index in [0.29, 0.717) is 6.61 Å². The minimum Gasteiger partial charge on any atom is -0.494 e. The Morgan fingerprint density at radius 1 is 1.32 bits per heavy atom. The van der Waals surface area contributed by atoms with Gasteiger partial charge >= 0.3 is 0 Å². The van der Waals surface area contributed by atoms with E-state index in [4.69, 9.17) is 21.6 Å². The van der Waals surface area contributed by atoms with Gasteiger partial charge in [-0.1, -0.05) is 18.5 Å². The van der Waals surface area contributed by atoms with Crippen LogP contribution in [-0.2, 0) is 6.42 Å². The van der Waals surface area contributed by atoms with E-state index in [0.717, 1.165) is 42.0 Å². The first-order valence-electron chi connectivity index (χ1n) is 6.81. The zero-order valence-electron chi connectivity index (χ0n) is 12.0. The SMILES string of the molecule is CCc1cc(OCCCCC(C)(C)C#N)ccc1Cl. The maximum Gasteiger partial charge on any atom is 0.119 e. The third-order valence-corrected chi connectivity index (χ3v) is 3.53. The van der Waals surface area contributed by atoms with E-state index in [-0.39, 0.29) is 5.41 Å². The average Bonchev–Trinajstić information content (AvgIpc) is 2.40. The predicted octanol–water partition coefficient (Wildman–Crippen LogP) is 5.00. The van der Waals surface area contributed by atoms with Crippen LogP contribution >= 0.6 is 11.6 Å². The third-order valence-electron chi connectivity index (χ3n) is 3.17. The number of nitrogens with zero attached hydrogens (tertiary/aromatic N) is 1. The van der Waals surface area contributed by atoms with Gasteiger partial charge in [0.2, 0.25) is 0 Å². The molecule has 2 nitrogen and oxygen atoms in total. The monoisotopic (exact) mass is 279 g/mol. The Hall–Kier alpha value is -1.20. The number of nitriles is 1. The molecule has 0 fully saturated rings. The molecule has 1 rings (SSSR count). The molecule has 0 spiro atoms. The van der Waals surface area contributed by atoms with Crippen LogP contribution in [0.15, 0.2) is 18.2 Å². The molecule has 104 valence electrons. The topological polar surface area (TPSA) is 33.0 Å². The molecule has 0 aliphatic rings. The predicted molar refractivity (Wildman–Crippen MR) is 79.6 cm³/mol. The van der Waals surface area contributed by atoms with Crippen molar-refractivity contribution < 1.29 is 4.74 Å². The van der Waals surface area contributed by atoms with E-state index in [1.807, 2.05) is 32.0 Å². The number of hydrogen-bond donors (Lipinski definition) is 0. The number of unbranched alkanes of at least 4 members (excludes halogenated alkanes) is 1. The summed E-state index contributed by atoms with van der Waals surface area (Å²) in [7, 11) is 0. The first-order chi connectivity index (χ1) is 8.98. The van der Waals surface area contributed by atoms with Crippen molar-refractivity contribution in [3.8, 4) is 11.8 Å². The summed E-state index contributed by atoms with van der Waals surface area (Å²) in [6.45, 7) is 6.71. The average molecular weight is 280 g/mol. The summed E-state index contributed by atoms with van der Waals surface area (Å²) in [5.74, 6) is 0.876. The second-order valence-electron chi connectivity index (χ2n) is 5.41. The van der Waals surface area contributed by atoms with Crippen LogP contribution in [0.2, 0.25) is 5.02 Å². The highest BCUT2D eigenvalue weighted by Gasteiger charge is 2.15. The highest BCUT2D eigenvalue weighted by molar-refractivity contribution is 6.31. The Balaban J connectivity index is 2.32. The van der Waals surface area contributed by atoms with Crippen molar-refractivity contribution in [3.05, 3.63) is 28.8 Å². The Morgan fingerprint density at radius 2 is 2.05 bits per heavy atom. The summed E-state index contributed by atoms with van der Waals surface area (Å²) < 4.78 is 5.71. The van der Waals surface area contributed by atoms with Crippen LogP contribution in [0.5, 0.6) is 5.75 Å². The van der Waals surface area contributed by atoms with E-state index in [9.17, 15) is 0 Å². The zero-order chi connectivity index (χ0) is 14.3. The van der Waals surface area contributed by atoms with Crippen molar-refractivity contribution in [1.29, 1.82) is 5.26 Å². The Bertz CT molecular complexity index is 449. The molecule has 0 atom stereocenters. The third kappa shape index (κ3) is 5.53. The quantitative estimate of drug-likeness (QED) is 0.658. The van der Waals surface area contributed by atoms with Gasteiger partial charge in [-0.15, -0.1) is 0 Å². The van der Waals surface area contributed by atoms with Gasteiger partial charge in [0.15, 0.2) is 0 Å². The standard InChI is InChI=1S/C16H22ClNO/c1-4-13-11-14(7-8-15(13)17)19-10-6-5-9-16(2,3)12-18/h7-8,11H,4-6,9-10H2,1-3H3. The second-order valence-corrected chi connectivity index (χ2v) is 5.82. The molecule has 0 aliphatic carbocycles. The van der Waals surface area contributed by atoms with Gasteiger partial charge in [0.05, 0.1) is 18.1 Å². The number of hydrogen-bond acceptors (Lipinski definition) is 2. The number of halogens is 1. The van der Waals surface area contributed by atoms with Gasteiger partial charge in [0, 0.05) is 5.02 Å². The summed E-state index contributed by atoms with van der Waals surface area (Å²) in [6.07, 6.45) is 3.80. The lowest BCUT2D eigenvalue weighted by Crippen LogP contribution is -2.08. The van der Waals surface area contributed by atoms with E-state index in [1.165, 1.54) is 0 Å². The number of benzene rings is 1. The highest BCUT2D eigenvalue weighted by atomic mass is 35.5. The van der Waals surface area contributed by atoms with Gasteiger partial charge in [-0.3, -0.25) is 0 Å². The molecule has 0 radical (unpaired) electrons. The fourth-order valence-corrected chi connectivity index (χ4v) is 2.08. The molecule has 1 aromatic rings. The lowest BCUT2D eigenvalue weighted by molar-refractivity contribution is 0.294. The smallest absolute Gasteiger partial charge is 0.119 e. The van der Waals surface area contributed by atoms with Gasteiger partial charge in [-0.05, 0) is 63.3 Å². The van der Waals surface area contributed by atoms with Gasteiger partial charge in [0.1, 0.15) is 5.75 Å². The van der Waals surface area contributed by atoms with Crippen molar-refractivity contribution in [2.75, 3.05) is 6.61 Å². The molecule has 0 unspecified atom stereocenters. The fraction of sp³-hybridized carbons (Fsp3) is 0.562. The summed E-state index contributed by atoms with van der Waals surface area (Å²) in [4.78, 5) is 0. The summed E-state index contributed by atoms with van der Waals surface area (Å²) in [5.41, 5.74) is 0.889. The molecule has 1 aromatic carbocycles. The van der Waals surface area contributed by atoms with E-state index < -0.39 is 0 Å². The van der Waals surface area contributed by atoms with Crippen molar-refractivity contribution >= 4 is 11.6 Å². The Labute approximate surface area is 121 Å². The maximum atomic E-state index is 8.92. The largest absolute Gasteiger partial charge is 0.494 e. The van der Waals surface area contributed by atoms with Gasteiger partial charge < -0.3 is 4.74 Å². The lowest BCUT2D eigenvalue weighted by Gasteiger charge is -2.14. The molecule has 0 bridgehead atoms. The van der Waals surface area contributed by atoms with Crippen molar-refractivity contribution in [2.45, 2.75) is 46.5 Å². The maximum absolute atomic E-state index is 8.92.